The first kappa shape index (κ1) is 18.0. The fourth-order valence-electron chi connectivity index (χ4n) is 3.42. The number of aromatic hydroxyl groups is 1. The molecule has 0 radical (unpaired) electrons. The van der Waals surface area contributed by atoms with Crippen molar-refractivity contribution in [3.63, 3.8) is 0 Å². The van der Waals surface area contributed by atoms with Crippen LogP contribution in [-0.2, 0) is 7.05 Å². The monoisotopic (exact) mass is 356 g/mol. The van der Waals surface area contributed by atoms with Crippen LogP contribution in [0.1, 0.15) is 51.0 Å². The predicted octanol–water partition coefficient (Wildman–Crippen LogP) is 5.67. The minimum Gasteiger partial charge on any atom is -0.507 e. The molecule has 1 N–H and O–H groups in total. The van der Waals surface area contributed by atoms with Gasteiger partial charge >= 0.3 is 0 Å². The first-order valence-corrected chi connectivity index (χ1v) is 10.2. The summed E-state index contributed by atoms with van der Waals surface area (Å²) in [4.78, 5) is 5.88. The van der Waals surface area contributed by atoms with Gasteiger partial charge in [0.15, 0.2) is 4.80 Å². The largest absolute Gasteiger partial charge is 0.507 e. The first-order chi connectivity index (χ1) is 12.1. The van der Waals surface area contributed by atoms with Gasteiger partial charge in [0.25, 0.3) is 0 Å². The van der Waals surface area contributed by atoms with Crippen molar-refractivity contribution in [2.75, 3.05) is 6.54 Å². The second-order valence-corrected chi connectivity index (χ2v) is 7.77. The van der Waals surface area contributed by atoms with Gasteiger partial charge in [-0.15, -0.1) is 0 Å². The summed E-state index contributed by atoms with van der Waals surface area (Å²) in [6, 6.07) is 8.08. The molecule has 1 aromatic heterocycles. The molecule has 1 heterocycles. The third-order valence-electron chi connectivity index (χ3n) is 4.92. The Labute approximate surface area is 153 Å². The van der Waals surface area contributed by atoms with E-state index in [2.05, 4.69) is 24.6 Å². The molecule has 0 aliphatic heterocycles. The van der Waals surface area contributed by atoms with Crippen LogP contribution in [0.2, 0.25) is 0 Å². The van der Waals surface area contributed by atoms with E-state index in [0.717, 1.165) is 38.8 Å². The second-order valence-electron chi connectivity index (χ2n) is 6.79. The van der Waals surface area contributed by atoms with Gasteiger partial charge in [-0.2, -0.15) is 0 Å². The quantitative estimate of drug-likeness (QED) is 0.544. The zero-order valence-corrected chi connectivity index (χ0v) is 16.3. The molecule has 0 aliphatic carbocycles. The van der Waals surface area contributed by atoms with Gasteiger partial charge in [-0.25, -0.2) is 0 Å². The number of aromatic nitrogens is 1. The Hall–Kier alpha value is -1.81. The van der Waals surface area contributed by atoms with E-state index in [0.29, 0.717) is 5.75 Å². The van der Waals surface area contributed by atoms with Gasteiger partial charge in [0.05, 0.1) is 10.2 Å². The minimum absolute atomic E-state index is 0.396. The van der Waals surface area contributed by atoms with Crippen LogP contribution in [0, 0.1) is 6.92 Å². The highest BCUT2D eigenvalue weighted by molar-refractivity contribution is 7.16. The van der Waals surface area contributed by atoms with Gasteiger partial charge in [0.2, 0.25) is 0 Å². The number of nitrogens with zero attached hydrogens (tertiary/aromatic N) is 2. The van der Waals surface area contributed by atoms with Crippen molar-refractivity contribution in [1.29, 1.82) is 0 Å². The van der Waals surface area contributed by atoms with E-state index in [1.165, 1.54) is 37.6 Å². The van der Waals surface area contributed by atoms with E-state index in [4.69, 9.17) is 4.99 Å². The molecule has 0 saturated carbocycles. The molecular weight excluding hydrogens is 328 g/mol. The third kappa shape index (κ3) is 3.59. The van der Waals surface area contributed by atoms with E-state index in [9.17, 15) is 5.11 Å². The Morgan fingerprint density at radius 2 is 1.72 bits per heavy atom. The number of hydrogen-bond donors (Lipinski definition) is 1. The van der Waals surface area contributed by atoms with Crippen LogP contribution in [0.15, 0.2) is 29.3 Å². The molecule has 0 atom stereocenters. The molecule has 0 spiro atoms. The summed E-state index contributed by atoms with van der Waals surface area (Å²) >= 11 is 1.69. The van der Waals surface area contributed by atoms with Crippen molar-refractivity contribution >= 4 is 32.3 Å². The van der Waals surface area contributed by atoms with E-state index >= 15 is 0 Å². The highest BCUT2D eigenvalue weighted by atomic mass is 32.1. The summed E-state index contributed by atoms with van der Waals surface area (Å²) in [6.45, 7) is 5.13. The number of hydrogen-bond acceptors (Lipinski definition) is 3. The Morgan fingerprint density at radius 1 is 1.04 bits per heavy atom. The Morgan fingerprint density at radius 3 is 2.48 bits per heavy atom. The molecule has 25 heavy (non-hydrogen) atoms. The number of rotatable bonds is 7. The lowest BCUT2D eigenvalue weighted by Gasteiger charge is -2.08. The molecule has 0 aliphatic rings. The second kappa shape index (κ2) is 8.05. The average Bonchev–Trinajstić information content (AvgIpc) is 2.96. The molecule has 3 aromatic rings. The maximum Gasteiger partial charge on any atom is 0.185 e. The molecule has 0 saturated heterocycles. The van der Waals surface area contributed by atoms with Crippen LogP contribution in [0.3, 0.4) is 0 Å². The van der Waals surface area contributed by atoms with Crippen LogP contribution >= 0.6 is 11.3 Å². The summed E-state index contributed by atoms with van der Waals surface area (Å²) in [5.74, 6) is 0.396. The van der Waals surface area contributed by atoms with Gasteiger partial charge in [-0.3, -0.25) is 4.99 Å². The lowest BCUT2D eigenvalue weighted by molar-refractivity contribution is 0.478. The third-order valence-corrected chi connectivity index (χ3v) is 6.21. The summed E-state index contributed by atoms with van der Waals surface area (Å²) in [6.07, 6.45) is 7.72. The molecular formula is C21H28N2OS. The molecule has 4 heteroatoms. The Bertz CT molecular complexity index is 936. The minimum atomic E-state index is 0.396. The number of phenolic OH excluding ortho intramolecular Hbond substituents is 1. The smallest absolute Gasteiger partial charge is 0.185 e. The van der Waals surface area contributed by atoms with Crippen molar-refractivity contribution in [2.24, 2.45) is 12.0 Å². The first-order valence-electron chi connectivity index (χ1n) is 9.35. The van der Waals surface area contributed by atoms with Gasteiger partial charge < -0.3 is 9.67 Å². The van der Waals surface area contributed by atoms with E-state index in [1.807, 2.05) is 25.1 Å². The van der Waals surface area contributed by atoms with Crippen LogP contribution in [-0.4, -0.2) is 16.2 Å². The van der Waals surface area contributed by atoms with Crippen LogP contribution in [0.4, 0.5) is 0 Å². The molecule has 0 amide bonds. The lowest BCUT2D eigenvalue weighted by Crippen LogP contribution is -2.11. The lowest BCUT2D eigenvalue weighted by atomic mass is 10.0. The molecule has 134 valence electrons. The number of thiazole rings is 1. The van der Waals surface area contributed by atoms with Crippen molar-refractivity contribution in [1.82, 2.24) is 4.57 Å². The van der Waals surface area contributed by atoms with Crippen molar-refractivity contribution in [2.45, 2.75) is 52.4 Å². The fourth-order valence-corrected chi connectivity index (χ4v) is 4.58. The highest BCUT2D eigenvalue weighted by Gasteiger charge is 2.14. The standard InChI is InChI=1S/C21H28N2OS/c1-4-5-6-7-8-11-14-22-21-23(3)18-16-12-9-10-13-17(16)19(24)15(2)20(18)25-21/h9-10,12-13,24H,4-8,11,14H2,1-3H3. The van der Waals surface area contributed by atoms with Crippen molar-refractivity contribution in [3.8, 4) is 5.75 Å². The van der Waals surface area contributed by atoms with E-state index < -0.39 is 0 Å². The van der Waals surface area contributed by atoms with Crippen LogP contribution < -0.4 is 4.80 Å². The molecule has 0 bridgehead atoms. The average molecular weight is 357 g/mol. The Kier molecular flexibility index (Phi) is 5.79. The van der Waals surface area contributed by atoms with Gasteiger partial charge in [-0.1, -0.05) is 74.6 Å². The molecule has 2 aromatic carbocycles. The number of phenols is 1. The maximum atomic E-state index is 10.5. The maximum absolute atomic E-state index is 10.5. The number of aryl methyl sites for hydroxylation is 2. The van der Waals surface area contributed by atoms with Gasteiger partial charge in [0, 0.05) is 29.9 Å². The van der Waals surface area contributed by atoms with Crippen molar-refractivity contribution in [3.05, 3.63) is 34.6 Å². The molecule has 3 rings (SSSR count). The number of benzene rings is 2. The number of unbranched alkanes of at least 4 members (excludes halogenated alkanes) is 5. The molecule has 3 nitrogen and oxygen atoms in total. The molecule has 0 fully saturated rings. The zero-order chi connectivity index (χ0) is 17.8. The predicted molar refractivity (Wildman–Crippen MR) is 109 cm³/mol. The Balaban J connectivity index is 1.91. The van der Waals surface area contributed by atoms with E-state index in [1.54, 1.807) is 11.3 Å². The summed E-state index contributed by atoms with van der Waals surface area (Å²) in [5.41, 5.74) is 2.13. The van der Waals surface area contributed by atoms with Crippen LogP contribution in [0.5, 0.6) is 5.75 Å². The zero-order valence-electron chi connectivity index (χ0n) is 15.5. The summed E-state index contributed by atoms with van der Waals surface area (Å²) in [7, 11) is 2.09. The summed E-state index contributed by atoms with van der Waals surface area (Å²) in [5, 5.41) is 12.6. The fraction of sp³-hybridized carbons (Fsp3) is 0.476. The highest BCUT2D eigenvalue weighted by Crippen LogP contribution is 2.37. The van der Waals surface area contributed by atoms with E-state index in [-0.39, 0.29) is 0 Å². The topological polar surface area (TPSA) is 37.5 Å². The van der Waals surface area contributed by atoms with Gasteiger partial charge in [-0.05, 0) is 13.3 Å². The normalized spacial score (nSPS) is 12.5. The van der Waals surface area contributed by atoms with Crippen molar-refractivity contribution < 1.29 is 5.11 Å². The van der Waals surface area contributed by atoms with Crippen LogP contribution in [0.25, 0.3) is 21.0 Å². The summed E-state index contributed by atoms with van der Waals surface area (Å²) < 4.78 is 3.33. The SMILES string of the molecule is CCCCCCCCN=c1sc2c(C)c(O)c3ccccc3c2n1C. The number of fused-ring (bicyclic) bond motifs is 3. The molecule has 0 unspecified atom stereocenters. The van der Waals surface area contributed by atoms with Gasteiger partial charge in [0.1, 0.15) is 5.75 Å².